The fourth-order valence-corrected chi connectivity index (χ4v) is 3.59. The van der Waals surface area contributed by atoms with Crippen molar-refractivity contribution in [2.75, 3.05) is 12.9 Å². The molecule has 0 unspecified atom stereocenters. The van der Waals surface area contributed by atoms with Crippen molar-refractivity contribution in [1.29, 1.82) is 0 Å². The standard InChI is InChI=1S/C13H22O8S/c1-12(2)16-6-7-8(18-12)9(21-22(5,14)15)10-11(17-7)20-13(3,4)19-10/h7-11H,6H2,1-5H3/t7-,8-,9-,10+,11-/m0/s1. The lowest BCUT2D eigenvalue weighted by Crippen LogP contribution is -2.64. The van der Waals surface area contributed by atoms with Gasteiger partial charge in [-0.1, -0.05) is 0 Å². The predicted molar refractivity (Wildman–Crippen MR) is 73.3 cm³/mol. The third-order valence-corrected chi connectivity index (χ3v) is 4.28. The number of ether oxygens (including phenoxy) is 5. The van der Waals surface area contributed by atoms with Crippen LogP contribution in [0.3, 0.4) is 0 Å². The Balaban J connectivity index is 1.91. The monoisotopic (exact) mass is 338 g/mol. The van der Waals surface area contributed by atoms with Crippen molar-refractivity contribution in [2.45, 2.75) is 70.0 Å². The topological polar surface area (TPSA) is 89.5 Å². The molecule has 3 heterocycles. The zero-order valence-electron chi connectivity index (χ0n) is 13.3. The average Bonchev–Trinajstić information content (AvgIpc) is 2.62. The molecule has 0 spiro atoms. The molecule has 8 nitrogen and oxygen atoms in total. The van der Waals surface area contributed by atoms with Crippen LogP contribution in [0.25, 0.3) is 0 Å². The quantitative estimate of drug-likeness (QED) is 0.667. The van der Waals surface area contributed by atoms with Crippen molar-refractivity contribution in [1.82, 2.24) is 0 Å². The van der Waals surface area contributed by atoms with Crippen molar-refractivity contribution in [3.63, 3.8) is 0 Å². The molecule has 0 aliphatic carbocycles. The second kappa shape index (κ2) is 5.10. The fourth-order valence-electron chi connectivity index (χ4n) is 2.97. The Morgan fingerprint density at radius 1 is 1.00 bits per heavy atom. The van der Waals surface area contributed by atoms with Gasteiger partial charge in [-0.25, -0.2) is 0 Å². The molecule has 3 rings (SSSR count). The van der Waals surface area contributed by atoms with E-state index in [1.165, 1.54) is 0 Å². The Bertz CT molecular complexity index is 540. The number of hydrogen-bond donors (Lipinski definition) is 0. The Kier molecular flexibility index (Phi) is 3.84. The van der Waals surface area contributed by atoms with Gasteiger partial charge in [0.2, 0.25) is 0 Å². The maximum absolute atomic E-state index is 11.6. The smallest absolute Gasteiger partial charge is 0.264 e. The van der Waals surface area contributed by atoms with Crippen molar-refractivity contribution in [2.24, 2.45) is 0 Å². The van der Waals surface area contributed by atoms with E-state index in [2.05, 4.69) is 0 Å². The summed E-state index contributed by atoms with van der Waals surface area (Å²) in [5, 5.41) is 0. The van der Waals surface area contributed by atoms with E-state index in [9.17, 15) is 8.42 Å². The minimum atomic E-state index is -3.70. The molecule has 3 aliphatic heterocycles. The zero-order valence-corrected chi connectivity index (χ0v) is 14.1. The summed E-state index contributed by atoms with van der Waals surface area (Å²) in [4.78, 5) is 0. The number of hydrogen-bond acceptors (Lipinski definition) is 8. The molecule has 22 heavy (non-hydrogen) atoms. The molecule has 3 aliphatic rings. The van der Waals surface area contributed by atoms with E-state index in [-0.39, 0.29) is 6.61 Å². The maximum Gasteiger partial charge on any atom is 0.264 e. The first-order chi connectivity index (χ1) is 9.96. The van der Waals surface area contributed by atoms with Crippen LogP contribution < -0.4 is 0 Å². The van der Waals surface area contributed by atoms with E-state index in [0.717, 1.165) is 6.26 Å². The van der Waals surface area contributed by atoms with Gasteiger partial charge in [-0.05, 0) is 27.7 Å². The first-order valence-corrected chi connectivity index (χ1v) is 8.99. The summed E-state index contributed by atoms with van der Waals surface area (Å²) in [6.45, 7) is 7.23. The van der Waals surface area contributed by atoms with Crippen molar-refractivity contribution in [3.8, 4) is 0 Å². The first kappa shape index (κ1) is 16.6. The van der Waals surface area contributed by atoms with Gasteiger partial charge in [0.1, 0.15) is 24.4 Å². The van der Waals surface area contributed by atoms with Gasteiger partial charge >= 0.3 is 0 Å². The molecule has 0 aromatic rings. The summed E-state index contributed by atoms with van der Waals surface area (Å²) in [5.74, 6) is -1.75. The van der Waals surface area contributed by atoms with Crippen LogP contribution in [0.4, 0.5) is 0 Å². The molecule has 0 radical (unpaired) electrons. The fraction of sp³-hybridized carbons (Fsp3) is 1.00. The highest BCUT2D eigenvalue weighted by Gasteiger charge is 2.59. The highest BCUT2D eigenvalue weighted by molar-refractivity contribution is 7.86. The normalized spacial score (nSPS) is 43.4. The molecule has 0 saturated carbocycles. The minimum absolute atomic E-state index is 0.258. The summed E-state index contributed by atoms with van der Waals surface area (Å²) in [6, 6.07) is 0. The molecule has 0 amide bonds. The molecular formula is C13H22O8S. The third kappa shape index (κ3) is 3.30. The van der Waals surface area contributed by atoms with Gasteiger partial charge in [-0.15, -0.1) is 0 Å². The van der Waals surface area contributed by atoms with Gasteiger partial charge in [0.15, 0.2) is 17.9 Å². The van der Waals surface area contributed by atoms with E-state index in [0.29, 0.717) is 0 Å². The lowest BCUT2D eigenvalue weighted by atomic mass is 9.97. The Labute approximate surface area is 130 Å². The SMILES string of the molecule is CC1(C)OC[C@@H]2O[C@H]3OC(C)(C)O[C@@H]3[C@@H](OS(C)(=O)=O)[C@H]2O1. The molecule has 5 atom stereocenters. The molecule has 0 N–H and O–H groups in total. The first-order valence-electron chi connectivity index (χ1n) is 7.17. The number of rotatable bonds is 2. The van der Waals surface area contributed by atoms with Gasteiger partial charge in [0.25, 0.3) is 10.1 Å². The minimum Gasteiger partial charge on any atom is -0.348 e. The van der Waals surface area contributed by atoms with Gasteiger partial charge in [0, 0.05) is 0 Å². The highest BCUT2D eigenvalue weighted by Crippen LogP contribution is 2.41. The molecule has 3 fully saturated rings. The van der Waals surface area contributed by atoms with E-state index in [4.69, 9.17) is 27.9 Å². The molecule has 0 aromatic heterocycles. The van der Waals surface area contributed by atoms with Gasteiger partial charge in [-0.2, -0.15) is 8.42 Å². The predicted octanol–water partition coefficient (Wildman–Crippen LogP) is 0.359. The molecule has 3 saturated heterocycles. The van der Waals surface area contributed by atoms with Gasteiger partial charge in [-0.3, -0.25) is 4.18 Å². The van der Waals surface area contributed by atoms with Crippen LogP contribution in [0.5, 0.6) is 0 Å². The molecular weight excluding hydrogens is 316 g/mol. The van der Waals surface area contributed by atoms with Crippen LogP contribution in [0.15, 0.2) is 0 Å². The summed E-state index contributed by atoms with van der Waals surface area (Å²) in [5.41, 5.74) is 0. The third-order valence-electron chi connectivity index (χ3n) is 3.71. The Hall–Kier alpha value is -0.290. The zero-order chi connectivity index (χ0) is 16.3. The maximum atomic E-state index is 11.6. The van der Waals surface area contributed by atoms with Gasteiger partial charge in [0.05, 0.1) is 12.9 Å². The lowest BCUT2D eigenvalue weighted by Gasteiger charge is -2.48. The average molecular weight is 338 g/mol. The summed E-state index contributed by atoms with van der Waals surface area (Å²) < 4.78 is 57.2. The van der Waals surface area contributed by atoms with E-state index >= 15 is 0 Å². The molecule has 0 aromatic carbocycles. The summed E-state index contributed by atoms with van der Waals surface area (Å²) in [6.07, 6.45) is -2.39. The molecule has 9 heteroatoms. The largest absolute Gasteiger partial charge is 0.348 e. The van der Waals surface area contributed by atoms with Crippen LogP contribution in [0.1, 0.15) is 27.7 Å². The molecule has 0 bridgehead atoms. The van der Waals surface area contributed by atoms with Crippen molar-refractivity contribution >= 4 is 10.1 Å². The van der Waals surface area contributed by atoms with Crippen LogP contribution >= 0.6 is 0 Å². The van der Waals surface area contributed by atoms with E-state index < -0.39 is 52.4 Å². The highest BCUT2D eigenvalue weighted by atomic mass is 32.2. The van der Waals surface area contributed by atoms with Crippen molar-refractivity contribution < 1.29 is 36.3 Å². The van der Waals surface area contributed by atoms with Crippen LogP contribution in [0.2, 0.25) is 0 Å². The second-order valence-electron chi connectivity index (χ2n) is 6.70. The van der Waals surface area contributed by atoms with Crippen LogP contribution in [-0.2, 0) is 38.0 Å². The summed E-state index contributed by atoms with van der Waals surface area (Å²) in [7, 11) is -3.70. The van der Waals surface area contributed by atoms with E-state index in [1.54, 1.807) is 27.7 Å². The lowest BCUT2D eigenvalue weighted by molar-refractivity contribution is -0.362. The van der Waals surface area contributed by atoms with E-state index in [1.807, 2.05) is 0 Å². The van der Waals surface area contributed by atoms with Gasteiger partial charge < -0.3 is 23.7 Å². The van der Waals surface area contributed by atoms with Crippen LogP contribution in [-0.4, -0.2) is 63.6 Å². The molecule has 128 valence electrons. The second-order valence-corrected chi connectivity index (χ2v) is 8.30. The Morgan fingerprint density at radius 3 is 2.27 bits per heavy atom. The van der Waals surface area contributed by atoms with Crippen LogP contribution in [0, 0.1) is 0 Å². The Morgan fingerprint density at radius 2 is 1.64 bits per heavy atom. The van der Waals surface area contributed by atoms with Crippen molar-refractivity contribution in [3.05, 3.63) is 0 Å². The summed E-state index contributed by atoms with van der Waals surface area (Å²) >= 11 is 0. The number of fused-ring (bicyclic) bond motifs is 2.